The molecule has 0 saturated heterocycles. The van der Waals surface area contributed by atoms with E-state index < -0.39 is 6.10 Å². The molecule has 0 saturated carbocycles. The Labute approximate surface area is 213 Å². The average molecular weight is 499 g/mol. The summed E-state index contributed by atoms with van der Waals surface area (Å²) in [5, 5.41) is 3.82. The smallest absolute Gasteiger partial charge is 0.268 e. The van der Waals surface area contributed by atoms with Crippen molar-refractivity contribution in [2.45, 2.75) is 32.9 Å². The molecule has 0 spiro atoms. The van der Waals surface area contributed by atoms with Gasteiger partial charge < -0.3 is 10.1 Å². The van der Waals surface area contributed by atoms with Crippen LogP contribution in [0.5, 0.6) is 5.75 Å². The van der Waals surface area contributed by atoms with Gasteiger partial charge in [0.05, 0.1) is 23.1 Å². The molecule has 5 rings (SSSR count). The van der Waals surface area contributed by atoms with Crippen LogP contribution in [-0.2, 0) is 9.59 Å². The number of fused-ring (bicyclic) bond motifs is 1. The number of thiazole rings is 1. The van der Waals surface area contributed by atoms with E-state index in [1.807, 2.05) is 80.6 Å². The number of nitrogens with one attached hydrogen (secondary N) is 1. The standard InChI is InChI=1S/C28H26N4O3S/c1-17(20-9-5-4-6-10-20)30-25(33)16-32-23-15-21(12-13-24(23)35-18(2)28(32)34)26-19(3)36-27(31-26)22-11-7-8-14-29-22/h4-15,17-18H,16H2,1-3H3,(H,30,33). The van der Waals surface area contributed by atoms with Gasteiger partial charge in [0.15, 0.2) is 6.10 Å². The van der Waals surface area contributed by atoms with Gasteiger partial charge in [-0.3, -0.25) is 19.5 Å². The quantitative estimate of drug-likeness (QED) is 0.396. The minimum Gasteiger partial charge on any atom is -0.479 e. The van der Waals surface area contributed by atoms with Crippen molar-refractivity contribution in [3.63, 3.8) is 0 Å². The van der Waals surface area contributed by atoms with Gasteiger partial charge in [-0.25, -0.2) is 4.98 Å². The van der Waals surface area contributed by atoms with E-state index in [0.717, 1.165) is 32.4 Å². The first-order valence-electron chi connectivity index (χ1n) is 11.8. The maximum Gasteiger partial charge on any atom is 0.268 e. The van der Waals surface area contributed by atoms with E-state index in [-0.39, 0.29) is 24.4 Å². The van der Waals surface area contributed by atoms with Gasteiger partial charge in [-0.05, 0) is 56.7 Å². The van der Waals surface area contributed by atoms with Crippen LogP contribution in [0.4, 0.5) is 5.69 Å². The number of nitrogens with zero attached hydrogens (tertiary/aromatic N) is 3. The fourth-order valence-electron chi connectivity index (χ4n) is 4.24. The number of rotatable bonds is 6. The van der Waals surface area contributed by atoms with E-state index in [9.17, 15) is 9.59 Å². The molecule has 0 aliphatic carbocycles. The molecule has 0 radical (unpaired) electrons. The average Bonchev–Trinajstić information content (AvgIpc) is 3.29. The number of amides is 2. The van der Waals surface area contributed by atoms with Crippen LogP contribution in [0.1, 0.15) is 30.3 Å². The second-order valence-electron chi connectivity index (χ2n) is 8.71. The third-order valence-corrected chi connectivity index (χ3v) is 7.09. The van der Waals surface area contributed by atoms with Crippen molar-refractivity contribution in [1.29, 1.82) is 0 Å². The first-order chi connectivity index (χ1) is 17.4. The molecule has 1 aliphatic heterocycles. The highest BCUT2D eigenvalue weighted by molar-refractivity contribution is 7.15. The van der Waals surface area contributed by atoms with Crippen LogP contribution in [0, 0.1) is 6.92 Å². The van der Waals surface area contributed by atoms with Crippen LogP contribution in [0.15, 0.2) is 72.9 Å². The summed E-state index contributed by atoms with van der Waals surface area (Å²) in [5.41, 5.74) is 4.03. The predicted molar refractivity (Wildman–Crippen MR) is 141 cm³/mol. The van der Waals surface area contributed by atoms with Crippen molar-refractivity contribution >= 4 is 28.8 Å². The molecule has 1 N–H and O–H groups in total. The molecule has 2 aromatic carbocycles. The summed E-state index contributed by atoms with van der Waals surface area (Å²) >= 11 is 1.57. The highest BCUT2D eigenvalue weighted by atomic mass is 32.1. The minimum absolute atomic E-state index is 0.102. The van der Waals surface area contributed by atoms with Gasteiger partial charge in [0.1, 0.15) is 17.3 Å². The maximum absolute atomic E-state index is 13.1. The Hall–Kier alpha value is -4.04. The van der Waals surface area contributed by atoms with Crippen molar-refractivity contribution in [2.75, 3.05) is 11.4 Å². The van der Waals surface area contributed by atoms with Crippen molar-refractivity contribution in [2.24, 2.45) is 0 Å². The maximum atomic E-state index is 13.1. The van der Waals surface area contributed by atoms with Crippen molar-refractivity contribution < 1.29 is 14.3 Å². The Morgan fingerprint density at radius 3 is 2.67 bits per heavy atom. The zero-order chi connectivity index (χ0) is 25.2. The van der Waals surface area contributed by atoms with Crippen molar-refractivity contribution in [1.82, 2.24) is 15.3 Å². The van der Waals surface area contributed by atoms with Gasteiger partial charge in [0, 0.05) is 16.6 Å². The monoisotopic (exact) mass is 498 g/mol. The Morgan fingerprint density at radius 1 is 1.14 bits per heavy atom. The van der Waals surface area contributed by atoms with Gasteiger partial charge in [0.25, 0.3) is 5.91 Å². The van der Waals surface area contributed by atoms with E-state index in [1.54, 1.807) is 24.5 Å². The first-order valence-corrected chi connectivity index (χ1v) is 12.6. The normalized spacial score (nSPS) is 15.7. The molecular formula is C28H26N4O3S. The number of aryl methyl sites for hydroxylation is 1. The highest BCUT2D eigenvalue weighted by Gasteiger charge is 2.33. The van der Waals surface area contributed by atoms with Crippen LogP contribution in [0.25, 0.3) is 22.0 Å². The molecule has 182 valence electrons. The number of carbonyl (C=O) groups is 2. The Balaban J connectivity index is 1.43. The van der Waals surface area contributed by atoms with Gasteiger partial charge >= 0.3 is 0 Å². The number of ether oxygens (including phenoxy) is 1. The van der Waals surface area contributed by atoms with E-state index in [2.05, 4.69) is 10.3 Å². The highest BCUT2D eigenvalue weighted by Crippen LogP contribution is 2.39. The van der Waals surface area contributed by atoms with Crippen LogP contribution >= 0.6 is 11.3 Å². The molecule has 36 heavy (non-hydrogen) atoms. The third kappa shape index (κ3) is 4.72. The number of aromatic nitrogens is 2. The van der Waals surface area contributed by atoms with E-state index >= 15 is 0 Å². The van der Waals surface area contributed by atoms with Crippen LogP contribution in [-0.4, -0.2) is 34.4 Å². The molecule has 2 aromatic heterocycles. The summed E-state index contributed by atoms with van der Waals surface area (Å²) in [6.45, 7) is 5.53. The van der Waals surface area contributed by atoms with Crippen LogP contribution < -0.4 is 15.0 Å². The van der Waals surface area contributed by atoms with E-state index in [1.165, 1.54) is 4.90 Å². The largest absolute Gasteiger partial charge is 0.479 e. The summed E-state index contributed by atoms with van der Waals surface area (Å²) in [4.78, 5) is 37.8. The molecule has 7 nitrogen and oxygen atoms in total. The van der Waals surface area contributed by atoms with E-state index in [0.29, 0.717) is 11.4 Å². The lowest BCUT2D eigenvalue weighted by Gasteiger charge is -2.33. The minimum atomic E-state index is -0.681. The topological polar surface area (TPSA) is 84.4 Å². The van der Waals surface area contributed by atoms with Crippen LogP contribution in [0.2, 0.25) is 0 Å². The van der Waals surface area contributed by atoms with E-state index in [4.69, 9.17) is 9.72 Å². The molecule has 4 aromatic rings. The second kappa shape index (κ2) is 9.91. The number of carbonyl (C=O) groups excluding carboxylic acids is 2. The second-order valence-corrected chi connectivity index (χ2v) is 9.91. The SMILES string of the molecule is Cc1sc(-c2ccccn2)nc1-c1ccc2c(c1)N(CC(=O)NC(C)c1ccccc1)C(=O)C(C)O2. The Bertz CT molecular complexity index is 1410. The van der Waals surface area contributed by atoms with Crippen molar-refractivity contribution in [3.8, 4) is 27.7 Å². The number of hydrogen-bond donors (Lipinski definition) is 1. The first kappa shape index (κ1) is 23.7. The summed E-state index contributed by atoms with van der Waals surface area (Å²) in [6.07, 6.45) is 1.07. The van der Waals surface area contributed by atoms with Gasteiger partial charge in [-0.1, -0.05) is 36.4 Å². The molecule has 3 heterocycles. The lowest BCUT2D eigenvalue weighted by molar-refractivity contribution is -0.128. The number of pyridine rings is 1. The van der Waals surface area contributed by atoms with Crippen LogP contribution in [0.3, 0.4) is 0 Å². The predicted octanol–water partition coefficient (Wildman–Crippen LogP) is 5.17. The molecule has 0 fully saturated rings. The third-order valence-electron chi connectivity index (χ3n) is 6.10. The van der Waals surface area contributed by atoms with Gasteiger partial charge in [0.2, 0.25) is 5.91 Å². The molecular weight excluding hydrogens is 472 g/mol. The molecule has 2 atom stereocenters. The summed E-state index contributed by atoms with van der Waals surface area (Å²) in [6, 6.07) is 20.9. The molecule has 1 aliphatic rings. The van der Waals surface area contributed by atoms with Crippen molar-refractivity contribution in [3.05, 3.63) is 83.4 Å². The number of benzene rings is 2. The lowest BCUT2D eigenvalue weighted by atomic mass is 10.1. The van der Waals surface area contributed by atoms with Gasteiger partial charge in [-0.2, -0.15) is 0 Å². The summed E-state index contributed by atoms with van der Waals surface area (Å²) in [5.74, 6) is 0.0614. The fraction of sp³-hybridized carbons (Fsp3) is 0.214. The number of hydrogen-bond acceptors (Lipinski definition) is 6. The Kier molecular flexibility index (Phi) is 6.52. The lowest BCUT2D eigenvalue weighted by Crippen LogP contribution is -2.49. The number of anilines is 1. The molecule has 2 unspecified atom stereocenters. The molecule has 8 heteroatoms. The van der Waals surface area contributed by atoms with Gasteiger partial charge in [-0.15, -0.1) is 11.3 Å². The zero-order valence-electron chi connectivity index (χ0n) is 20.3. The zero-order valence-corrected chi connectivity index (χ0v) is 21.1. The fourth-order valence-corrected chi connectivity index (χ4v) is 5.15. The molecule has 0 bridgehead atoms. The molecule has 2 amide bonds. The summed E-state index contributed by atoms with van der Waals surface area (Å²) in [7, 11) is 0. The Morgan fingerprint density at radius 2 is 1.92 bits per heavy atom. The summed E-state index contributed by atoms with van der Waals surface area (Å²) < 4.78 is 5.85.